The molecule has 0 aliphatic carbocycles. The molecule has 0 spiro atoms. The average Bonchev–Trinajstić information content (AvgIpc) is 2.89. The highest BCUT2D eigenvalue weighted by Crippen LogP contribution is 2.46. The Labute approximate surface area is 122 Å². The van der Waals surface area contributed by atoms with E-state index in [0.717, 1.165) is 0 Å². The van der Waals surface area contributed by atoms with Gasteiger partial charge in [0.15, 0.2) is 11.5 Å². The van der Waals surface area contributed by atoms with E-state index < -0.39 is 7.60 Å². The van der Waals surface area contributed by atoms with E-state index in [1.165, 1.54) is 20.5 Å². The zero-order valence-corrected chi connectivity index (χ0v) is 13.0. The van der Waals surface area contributed by atoms with Crippen LogP contribution in [0.15, 0.2) is 12.7 Å². The molecule has 116 valence electrons. The minimum Gasteiger partial charge on any atom is -0.382 e. The lowest BCUT2D eigenvalue weighted by molar-refractivity contribution is 0.0718. The molecule has 0 aliphatic rings. The minimum atomic E-state index is -3.17. The van der Waals surface area contributed by atoms with Crippen molar-refractivity contribution < 1.29 is 18.3 Å². The molecule has 0 saturated heterocycles. The zero-order chi connectivity index (χ0) is 15.5. The summed E-state index contributed by atoms with van der Waals surface area (Å²) in [5, 5.41) is 0. The van der Waals surface area contributed by atoms with E-state index in [4.69, 9.17) is 19.5 Å². The first-order chi connectivity index (χ1) is 9.99. The molecule has 9 nitrogen and oxygen atoms in total. The molecule has 1 atom stereocenters. The van der Waals surface area contributed by atoms with E-state index in [9.17, 15) is 4.57 Å². The summed E-state index contributed by atoms with van der Waals surface area (Å²) in [7, 11) is -0.532. The van der Waals surface area contributed by atoms with Gasteiger partial charge in [-0.1, -0.05) is 0 Å². The predicted octanol–water partition coefficient (Wildman–Crippen LogP) is 1.26. The number of nitrogens with two attached hydrogens (primary N) is 1. The monoisotopic (exact) mass is 315 g/mol. The van der Waals surface area contributed by atoms with Crippen molar-refractivity contribution in [2.45, 2.75) is 19.6 Å². The summed E-state index contributed by atoms with van der Waals surface area (Å²) >= 11 is 0. The molecular formula is C11H18N5O4P. The van der Waals surface area contributed by atoms with Gasteiger partial charge in [-0.05, 0) is 6.92 Å². The second-order valence-corrected chi connectivity index (χ2v) is 6.62. The summed E-state index contributed by atoms with van der Waals surface area (Å²) in [5.41, 5.74) is 6.89. The van der Waals surface area contributed by atoms with Gasteiger partial charge in [-0.2, -0.15) is 0 Å². The van der Waals surface area contributed by atoms with Gasteiger partial charge in [-0.15, -0.1) is 0 Å². The number of nitrogens with zero attached hydrogens (tertiary/aromatic N) is 4. The maximum absolute atomic E-state index is 11.9. The number of anilines is 1. The Hall–Kier alpha value is -1.54. The molecule has 0 fully saturated rings. The van der Waals surface area contributed by atoms with Crippen LogP contribution in [0.25, 0.3) is 11.2 Å². The molecule has 0 amide bonds. The van der Waals surface area contributed by atoms with Crippen LogP contribution in [-0.4, -0.2) is 46.2 Å². The summed E-state index contributed by atoms with van der Waals surface area (Å²) < 4.78 is 28.8. The molecule has 21 heavy (non-hydrogen) atoms. The first-order valence-corrected chi connectivity index (χ1v) is 7.95. The molecule has 0 saturated carbocycles. The fraction of sp³-hybridized carbons (Fsp3) is 0.545. The fourth-order valence-electron chi connectivity index (χ4n) is 1.76. The summed E-state index contributed by atoms with van der Waals surface area (Å²) in [4.78, 5) is 12.2. The van der Waals surface area contributed by atoms with Gasteiger partial charge in [0.2, 0.25) is 0 Å². The Morgan fingerprint density at radius 2 is 2.05 bits per heavy atom. The number of rotatable bonds is 7. The molecule has 0 radical (unpaired) electrons. The average molecular weight is 315 g/mol. The lowest BCUT2D eigenvalue weighted by atomic mass is 10.4. The molecule has 10 heteroatoms. The Morgan fingerprint density at radius 3 is 2.71 bits per heavy atom. The van der Waals surface area contributed by atoms with Gasteiger partial charge in [0.1, 0.15) is 18.2 Å². The van der Waals surface area contributed by atoms with Crippen LogP contribution in [0.2, 0.25) is 0 Å². The van der Waals surface area contributed by atoms with Crippen LogP contribution in [-0.2, 0) is 24.9 Å². The van der Waals surface area contributed by atoms with E-state index in [1.54, 1.807) is 10.9 Å². The maximum atomic E-state index is 11.9. The van der Waals surface area contributed by atoms with Crippen LogP contribution in [0.1, 0.15) is 6.92 Å². The smallest absolute Gasteiger partial charge is 0.355 e. The first kappa shape index (κ1) is 15.8. The molecule has 0 bridgehead atoms. The van der Waals surface area contributed by atoms with Crippen molar-refractivity contribution in [1.29, 1.82) is 0 Å². The van der Waals surface area contributed by atoms with Crippen molar-refractivity contribution in [1.82, 2.24) is 19.5 Å². The number of imidazole rings is 1. The summed E-state index contributed by atoms with van der Waals surface area (Å²) in [6.07, 6.45) is 2.63. The van der Waals surface area contributed by atoms with Crippen LogP contribution in [0.4, 0.5) is 5.82 Å². The highest BCUT2D eigenvalue weighted by Gasteiger charge is 2.23. The quantitative estimate of drug-likeness (QED) is 0.759. The number of ether oxygens (including phenoxy) is 1. The van der Waals surface area contributed by atoms with E-state index in [2.05, 4.69) is 15.0 Å². The van der Waals surface area contributed by atoms with Crippen LogP contribution in [0.3, 0.4) is 0 Å². The molecular weight excluding hydrogens is 297 g/mol. The van der Waals surface area contributed by atoms with Crippen molar-refractivity contribution in [2.24, 2.45) is 0 Å². The van der Waals surface area contributed by atoms with Gasteiger partial charge in [0.25, 0.3) is 0 Å². The Balaban J connectivity index is 2.03. The topological polar surface area (TPSA) is 114 Å². The van der Waals surface area contributed by atoms with Crippen LogP contribution >= 0.6 is 7.60 Å². The number of nitrogen functional groups attached to an aromatic ring is 1. The van der Waals surface area contributed by atoms with E-state index >= 15 is 0 Å². The standard InChI is InChI=1S/C11H18N5O4P/c1-8(20-7-21(17,18-2)19-3)4-16-6-15-9-10(12)13-5-14-11(9)16/h5-6,8H,4,7H2,1-3H3,(H2,12,13,14). The van der Waals surface area contributed by atoms with Crippen molar-refractivity contribution in [3.05, 3.63) is 12.7 Å². The van der Waals surface area contributed by atoms with Crippen molar-refractivity contribution >= 4 is 24.6 Å². The van der Waals surface area contributed by atoms with Crippen LogP contribution < -0.4 is 5.73 Å². The normalized spacial score (nSPS) is 13.7. The third-order valence-corrected chi connectivity index (χ3v) is 4.53. The predicted molar refractivity (Wildman–Crippen MR) is 76.8 cm³/mol. The highest BCUT2D eigenvalue weighted by atomic mass is 31.2. The molecule has 2 aromatic rings. The van der Waals surface area contributed by atoms with Gasteiger partial charge in [-0.25, -0.2) is 15.0 Å². The zero-order valence-electron chi connectivity index (χ0n) is 12.1. The van der Waals surface area contributed by atoms with E-state index in [0.29, 0.717) is 23.5 Å². The summed E-state index contributed by atoms with van der Waals surface area (Å²) in [5.74, 6) is 0.329. The van der Waals surface area contributed by atoms with E-state index in [1.807, 2.05) is 6.92 Å². The Kier molecular flexibility index (Phi) is 4.89. The number of hydrogen-bond donors (Lipinski definition) is 1. The minimum absolute atomic E-state index is 0.120. The Bertz CT molecular complexity index is 653. The molecule has 2 heterocycles. The second-order valence-electron chi connectivity index (χ2n) is 4.41. The molecule has 2 rings (SSSR count). The van der Waals surface area contributed by atoms with Crippen molar-refractivity contribution in [3.8, 4) is 0 Å². The largest absolute Gasteiger partial charge is 0.382 e. The van der Waals surface area contributed by atoms with Gasteiger partial charge < -0.3 is 24.1 Å². The van der Waals surface area contributed by atoms with Crippen molar-refractivity contribution in [2.75, 3.05) is 26.3 Å². The number of fused-ring (bicyclic) bond motifs is 1. The lowest BCUT2D eigenvalue weighted by Gasteiger charge is -2.18. The fourth-order valence-corrected chi connectivity index (χ4v) is 2.56. The van der Waals surface area contributed by atoms with Crippen molar-refractivity contribution in [3.63, 3.8) is 0 Å². The van der Waals surface area contributed by atoms with Gasteiger partial charge >= 0.3 is 7.60 Å². The summed E-state index contributed by atoms with van der Waals surface area (Å²) in [6, 6.07) is 0. The molecule has 2 aromatic heterocycles. The third kappa shape index (κ3) is 3.56. The first-order valence-electron chi connectivity index (χ1n) is 6.22. The molecule has 2 N–H and O–H groups in total. The lowest BCUT2D eigenvalue weighted by Crippen LogP contribution is -2.17. The Morgan fingerprint density at radius 1 is 1.33 bits per heavy atom. The molecule has 1 unspecified atom stereocenters. The molecule has 0 aromatic carbocycles. The van der Waals surface area contributed by atoms with Crippen LogP contribution in [0.5, 0.6) is 0 Å². The molecule has 0 aliphatic heterocycles. The maximum Gasteiger partial charge on any atom is 0.355 e. The van der Waals surface area contributed by atoms with Gasteiger partial charge in [0.05, 0.1) is 19.0 Å². The third-order valence-electron chi connectivity index (χ3n) is 2.96. The summed E-state index contributed by atoms with van der Waals surface area (Å²) in [6.45, 7) is 2.31. The number of aromatic nitrogens is 4. The van der Waals surface area contributed by atoms with Gasteiger partial charge in [-0.3, -0.25) is 4.57 Å². The van der Waals surface area contributed by atoms with E-state index in [-0.39, 0.29) is 12.5 Å². The van der Waals surface area contributed by atoms with Gasteiger partial charge in [0, 0.05) is 14.2 Å². The SMILES string of the molecule is COP(=O)(COC(C)Cn1cnc2c(N)ncnc21)OC. The van der Waals surface area contributed by atoms with Crippen LogP contribution in [0, 0.1) is 0 Å². The highest BCUT2D eigenvalue weighted by molar-refractivity contribution is 7.53. The number of hydrogen-bond acceptors (Lipinski definition) is 8. The second kappa shape index (κ2) is 6.48.